The Labute approximate surface area is 219 Å². The maximum Gasteiger partial charge on any atom is 0.335 e. The molecule has 1 fully saturated rings. The standard InChI is InChI=1S/C29H34N2O5S/c1-30(2)19-24-20-31(37(34,35)21-22-10-5-4-6-11-22)17-16-29(24,23-12-9-13-25(18-23)36-3)27-15-8-7-14-26(27)28(32)33/h4-15,18,24H,16-17,19-21H2,1-3H3,(H,32,33)/t24-,29-/m0/s1. The lowest BCUT2D eigenvalue weighted by atomic mass is 9.61. The molecule has 1 aliphatic rings. The fraction of sp³-hybridized carbons (Fsp3) is 0.345. The molecule has 3 aromatic rings. The molecule has 8 heteroatoms. The van der Waals surface area contributed by atoms with Crippen LogP contribution in [0.3, 0.4) is 0 Å². The lowest BCUT2D eigenvalue weighted by molar-refractivity contribution is 0.0689. The third-order valence-electron chi connectivity index (χ3n) is 7.27. The van der Waals surface area contributed by atoms with Crippen molar-refractivity contribution in [2.75, 3.05) is 40.8 Å². The van der Waals surface area contributed by atoms with Gasteiger partial charge in [0.25, 0.3) is 0 Å². The molecule has 0 saturated carbocycles. The number of rotatable bonds is 9. The summed E-state index contributed by atoms with van der Waals surface area (Å²) in [7, 11) is 1.93. The largest absolute Gasteiger partial charge is 0.497 e. The van der Waals surface area contributed by atoms with Gasteiger partial charge in [0.15, 0.2) is 0 Å². The van der Waals surface area contributed by atoms with E-state index >= 15 is 0 Å². The first kappa shape index (κ1) is 26.9. The molecular weight excluding hydrogens is 488 g/mol. The number of carbonyl (C=O) groups is 1. The van der Waals surface area contributed by atoms with Crippen molar-refractivity contribution < 1.29 is 23.1 Å². The Morgan fingerprint density at radius 3 is 2.43 bits per heavy atom. The molecule has 1 aliphatic heterocycles. The maximum atomic E-state index is 13.5. The van der Waals surface area contributed by atoms with Gasteiger partial charge >= 0.3 is 5.97 Å². The van der Waals surface area contributed by atoms with Gasteiger partial charge in [-0.3, -0.25) is 0 Å². The molecule has 1 heterocycles. The molecule has 0 aromatic heterocycles. The van der Waals surface area contributed by atoms with Gasteiger partial charge in [0.1, 0.15) is 5.75 Å². The number of hydrogen-bond acceptors (Lipinski definition) is 5. The minimum Gasteiger partial charge on any atom is -0.497 e. The van der Waals surface area contributed by atoms with E-state index in [1.165, 1.54) is 0 Å². The number of hydrogen-bond donors (Lipinski definition) is 1. The van der Waals surface area contributed by atoms with E-state index in [1.54, 1.807) is 23.5 Å². The molecule has 37 heavy (non-hydrogen) atoms. The Hall–Kier alpha value is -3.20. The Kier molecular flexibility index (Phi) is 8.02. The van der Waals surface area contributed by atoms with Crippen LogP contribution in [0, 0.1) is 5.92 Å². The number of benzene rings is 3. The first-order valence-corrected chi connectivity index (χ1v) is 13.9. The molecule has 1 saturated heterocycles. The summed E-state index contributed by atoms with van der Waals surface area (Å²) in [5.41, 5.74) is 1.87. The molecule has 0 unspecified atom stereocenters. The molecule has 4 rings (SSSR count). The van der Waals surface area contributed by atoms with Crippen LogP contribution >= 0.6 is 0 Å². The summed E-state index contributed by atoms with van der Waals surface area (Å²) >= 11 is 0. The number of piperidine rings is 1. The van der Waals surface area contributed by atoms with Gasteiger partial charge in [-0.25, -0.2) is 17.5 Å². The minimum absolute atomic E-state index is 0.0691. The Morgan fingerprint density at radius 2 is 1.76 bits per heavy atom. The quantitative estimate of drug-likeness (QED) is 0.456. The van der Waals surface area contributed by atoms with E-state index in [2.05, 4.69) is 0 Å². The van der Waals surface area contributed by atoms with Gasteiger partial charge in [0.05, 0.1) is 18.4 Å². The Balaban J connectivity index is 1.85. The highest BCUT2D eigenvalue weighted by molar-refractivity contribution is 7.88. The summed E-state index contributed by atoms with van der Waals surface area (Å²) in [6, 6.07) is 24.0. The van der Waals surface area contributed by atoms with Crippen LogP contribution in [0.4, 0.5) is 0 Å². The summed E-state index contributed by atoms with van der Waals surface area (Å²) in [6.45, 7) is 1.13. The summed E-state index contributed by atoms with van der Waals surface area (Å²) in [6.07, 6.45) is 0.441. The van der Waals surface area contributed by atoms with Gasteiger partial charge in [-0.2, -0.15) is 0 Å². The molecule has 3 aromatic carbocycles. The monoisotopic (exact) mass is 522 g/mol. The zero-order valence-electron chi connectivity index (χ0n) is 21.5. The van der Waals surface area contributed by atoms with Gasteiger partial charge in [-0.1, -0.05) is 60.7 Å². The van der Waals surface area contributed by atoms with E-state index in [0.717, 1.165) is 11.1 Å². The van der Waals surface area contributed by atoms with Gasteiger partial charge < -0.3 is 14.7 Å². The van der Waals surface area contributed by atoms with Crippen molar-refractivity contribution in [3.8, 4) is 5.75 Å². The second-order valence-corrected chi connectivity index (χ2v) is 11.8. The van der Waals surface area contributed by atoms with Crippen molar-refractivity contribution in [1.82, 2.24) is 9.21 Å². The number of aromatic carboxylic acids is 1. The van der Waals surface area contributed by atoms with Gasteiger partial charge in [-0.15, -0.1) is 0 Å². The SMILES string of the molecule is COc1cccc([C@@]2(c3ccccc3C(=O)O)CCN(S(=O)(=O)Cc3ccccc3)C[C@@H]2CN(C)C)c1. The average Bonchev–Trinajstić information content (AvgIpc) is 2.88. The van der Waals surface area contributed by atoms with Crippen LogP contribution in [0.5, 0.6) is 5.75 Å². The van der Waals surface area contributed by atoms with E-state index in [4.69, 9.17) is 4.74 Å². The third kappa shape index (κ3) is 5.56. The predicted octanol–water partition coefficient (Wildman–Crippen LogP) is 4.09. The van der Waals surface area contributed by atoms with E-state index in [1.807, 2.05) is 85.7 Å². The third-order valence-corrected chi connectivity index (χ3v) is 9.09. The van der Waals surface area contributed by atoms with Gasteiger partial charge in [0, 0.05) is 25.0 Å². The first-order valence-electron chi connectivity index (χ1n) is 12.3. The highest BCUT2D eigenvalue weighted by atomic mass is 32.2. The first-order chi connectivity index (χ1) is 17.7. The second kappa shape index (κ2) is 11.0. The number of nitrogens with zero attached hydrogens (tertiary/aromatic N) is 2. The van der Waals surface area contributed by atoms with Crippen LogP contribution in [-0.4, -0.2) is 69.5 Å². The fourth-order valence-electron chi connectivity index (χ4n) is 5.63. The molecule has 0 amide bonds. The highest BCUT2D eigenvalue weighted by Gasteiger charge is 2.49. The molecule has 0 bridgehead atoms. The maximum absolute atomic E-state index is 13.5. The van der Waals surface area contributed by atoms with Crippen LogP contribution in [0.25, 0.3) is 0 Å². The molecular formula is C29H34N2O5S. The van der Waals surface area contributed by atoms with Crippen molar-refractivity contribution in [2.24, 2.45) is 5.92 Å². The number of sulfonamides is 1. The lowest BCUT2D eigenvalue weighted by Crippen LogP contribution is -2.55. The zero-order chi connectivity index (χ0) is 26.6. The summed E-state index contributed by atoms with van der Waals surface area (Å²) in [5, 5.41) is 10.1. The molecule has 0 radical (unpaired) electrons. The average molecular weight is 523 g/mol. The number of carboxylic acid groups (broad SMARTS) is 1. The van der Waals surface area contributed by atoms with Crippen molar-refractivity contribution in [2.45, 2.75) is 17.6 Å². The number of carboxylic acids is 1. The summed E-state index contributed by atoms with van der Waals surface area (Å²) < 4.78 is 34.2. The topological polar surface area (TPSA) is 87.1 Å². The Bertz CT molecular complexity index is 1340. The normalized spacial score (nSPS) is 20.6. The fourth-order valence-corrected chi connectivity index (χ4v) is 7.20. The molecule has 0 spiro atoms. The predicted molar refractivity (Wildman–Crippen MR) is 144 cm³/mol. The van der Waals surface area contributed by atoms with E-state index in [-0.39, 0.29) is 30.3 Å². The summed E-state index contributed by atoms with van der Waals surface area (Å²) in [5.74, 6) is -0.608. The number of ether oxygens (including phenoxy) is 1. The number of methoxy groups -OCH3 is 1. The molecule has 0 aliphatic carbocycles. The summed E-state index contributed by atoms with van der Waals surface area (Å²) in [4.78, 5) is 14.4. The van der Waals surface area contributed by atoms with E-state index in [9.17, 15) is 18.3 Å². The van der Waals surface area contributed by atoms with Crippen LogP contribution in [-0.2, 0) is 21.2 Å². The lowest BCUT2D eigenvalue weighted by Gasteiger charge is -2.49. The van der Waals surface area contributed by atoms with E-state index in [0.29, 0.717) is 24.3 Å². The van der Waals surface area contributed by atoms with Crippen molar-refractivity contribution >= 4 is 16.0 Å². The molecule has 2 atom stereocenters. The van der Waals surface area contributed by atoms with Gasteiger partial charge in [-0.05, 0) is 61.3 Å². The van der Waals surface area contributed by atoms with Crippen molar-refractivity contribution in [3.05, 3.63) is 101 Å². The molecule has 7 nitrogen and oxygen atoms in total. The van der Waals surface area contributed by atoms with Crippen LogP contribution in [0.1, 0.15) is 33.5 Å². The van der Waals surface area contributed by atoms with Crippen LogP contribution < -0.4 is 4.74 Å². The minimum atomic E-state index is -3.59. The van der Waals surface area contributed by atoms with Crippen molar-refractivity contribution in [1.29, 1.82) is 0 Å². The van der Waals surface area contributed by atoms with Crippen molar-refractivity contribution in [3.63, 3.8) is 0 Å². The molecule has 196 valence electrons. The second-order valence-electron chi connectivity index (χ2n) is 9.86. The van der Waals surface area contributed by atoms with Gasteiger partial charge in [0.2, 0.25) is 10.0 Å². The van der Waals surface area contributed by atoms with E-state index < -0.39 is 21.4 Å². The van der Waals surface area contributed by atoms with Crippen LogP contribution in [0.15, 0.2) is 78.9 Å². The Morgan fingerprint density at radius 1 is 1.05 bits per heavy atom. The van der Waals surface area contributed by atoms with Crippen LogP contribution in [0.2, 0.25) is 0 Å². The highest BCUT2D eigenvalue weighted by Crippen LogP contribution is 2.48. The molecule has 1 N–H and O–H groups in total. The zero-order valence-corrected chi connectivity index (χ0v) is 22.3. The smallest absolute Gasteiger partial charge is 0.335 e.